The second-order valence-corrected chi connectivity index (χ2v) is 8.27. The molecule has 0 aromatic heterocycles. The highest BCUT2D eigenvalue weighted by molar-refractivity contribution is 7.92. The number of sulfonamides is 1. The molecule has 5 nitrogen and oxygen atoms in total. The van der Waals surface area contributed by atoms with Crippen LogP contribution in [0.1, 0.15) is 12.0 Å². The van der Waals surface area contributed by atoms with Crippen molar-refractivity contribution in [3.8, 4) is 0 Å². The van der Waals surface area contributed by atoms with Crippen LogP contribution in [0.5, 0.6) is 0 Å². The Kier molecular flexibility index (Phi) is 6.70. The van der Waals surface area contributed by atoms with Gasteiger partial charge in [-0.1, -0.05) is 11.6 Å². The zero-order valence-corrected chi connectivity index (χ0v) is 16.3. The van der Waals surface area contributed by atoms with Crippen LogP contribution in [-0.2, 0) is 10.0 Å². The van der Waals surface area contributed by atoms with E-state index in [4.69, 9.17) is 11.6 Å². The largest absolute Gasteiger partial charge is 0.385 e. The smallest absolute Gasteiger partial charge is 0.261 e. The molecule has 0 atom stereocenters. The van der Waals surface area contributed by atoms with Gasteiger partial charge in [0.2, 0.25) is 0 Å². The summed E-state index contributed by atoms with van der Waals surface area (Å²) in [6.45, 7) is 3.66. The van der Waals surface area contributed by atoms with E-state index in [9.17, 15) is 8.42 Å². The lowest BCUT2D eigenvalue weighted by Crippen LogP contribution is -2.16. The molecule has 25 heavy (non-hydrogen) atoms. The number of benzene rings is 2. The number of rotatable bonds is 8. The average Bonchev–Trinajstić information content (AvgIpc) is 2.55. The molecule has 0 heterocycles. The SMILES string of the molecule is Cc1cc(S(=O)(=O)Nc2ccc(NCCCN(C)C)cc2)ccc1Cl. The number of hydrogen-bond acceptors (Lipinski definition) is 4. The molecule has 2 aromatic rings. The van der Waals surface area contributed by atoms with Gasteiger partial charge in [-0.05, 0) is 82.0 Å². The van der Waals surface area contributed by atoms with Crippen LogP contribution in [0.25, 0.3) is 0 Å². The standard InChI is InChI=1S/C18H24ClN3O2S/c1-14-13-17(9-10-18(14)19)25(23,24)21-16-7-5-15(6-8-16)20-11-4-12-22(2)3/h5-10,13,20-21H,4,11-12H2,1-3H3. The zero-order valence-electron chi connectivity index (χ0n) is 14.7. The summed E-state index contributed by atoms with van der Waals surface area (Å²) < 4.78 is 27.5. The minimum absolute atomic E-state index is 0.195. The molecule has 0 spiro atoms. The molecule has 0 aliphatic rings. The Morgan fingerprint density at radius 3 is 2.28 bits per heavy atom. The number of anilines is 2. The monoisotopic (exact) mass is 381 g/mol. The van der Waals surface area contributed by atoms with Gasteiger partial charge in [0.1, 0.15) is 0 Å². The van der Waals surface area contributed by atoms with Crippen molar-refractivity contribution in [1.82, 2.24) is 4.90 Å². The van der Waals surface area contributed by atoms with Gasteiger partial charge in [0.05, 0.1) is 4.90 Å². The summed E-state index contributed by atoms with van der Waals surface area (Å²) in [5.74, 6) is 0. The van der Waals surface area contributed by atoms with E-state index < -0.39 is 10.0 Å². The molecule has 0 unspecified atom stereocenters. The van der Waals surface area contributed by atoms with Gasteiger partial charge in [0.15, 0.2) is 0 Å². The molecule has 7 heteroatoms. The van der Waals surface area contributed by atoms with Crippen molar-refractivity contribution in [2.75, 3.05) is 37.2 Å². The molecule has 2 rings (SSSR count). The van der Waals surface area contributed by atoms with Crippen molar-refractivity contribution in [2.45, 2.75) is 18.2 Å². The van der Waals surface area contributed by atoms with E-state index in [0.717, 1.165) is 30.8 Å². The maximum atomic E-state index is 12.5. The third-order valence-corrected chi connectivity index (χ3v) is 5.49. The molecule has 0 fully saturated rings. The molecular formula is C18H24ClN3O2S. The van der Waals surface area contributed by atoms with Crippen LogP contribution in [0.4, 0.5) is 11.4 Å². The van der Waals surface area contributed by atoms with Crippen LogP contribution < -0.4 is 10.0 Å². The molecule has 0 amide bonds. The fraction of sp³-hybridized carbons (Fsp3) is 0.333. The Morgan fingerprint density at radius 2 is 1.68 bits per heavy atom. The number of nitrogens with zero attached hydrogens (tertiary/aromatic N) is 1. The normalized spacial score (nSPS) is 11.6. The van der Waals surface area contributed by atoms with E-state index in [0.29, 0.717) is 10.7 Å². The highest BCUT2D eigenvalue weighted by Crippen LogP contribution is 2.22. The Hall–Kier alpha value is -1.76. The minimum Gasteiger partial charge on any atom is -0.385 e. The summed E-state index contributed by atoms with van der Waals surface area (Å²) in [4.78, 5) is 2.33. The first kappa shape index (κ1) is 19.6. The van der Waals surface area contributed by atoms with Crippen LogP contribution >= 0.6 is 11.6 Å². The first-order chi connectivity index (χ1) is 11.8. The topological polar surface area (TPSA) is 61.4 Å². The van der Waals surface area contributed by atoms with Gasteiger partial charge in [-0.2, -0.15) is 0 Å². The molecule has 0 saturated heterocycles. The van der Waals surface area contributed by atoms with Crippen LogP contribution in [0.2, 0.25) is 5.02 Å². The number of hydrogen-bond donors (Lipinski definition) is 2. The van der Waals surface area contributed by atoms with Gasteiger partial charge in [-0.25, -0.2) is 8.42 Å². The first-order valence-corrected chi connectivity index (χ1v) is 9.92. The third kappa shape index (κ3) is 5.92. The number of nitrogens with one attached hydrogen (secondary N) is 2. The Labute approximate surface area is 155 Å². The summed E-state index contributed by atoms with van der Waals surface area (Å²) in [6.07, 6.45) is 1.04. The van der Waals surface area contributed by atoms with Gasteiger partial charge in [-0.15, -0.1) is 0 Å². The second kappa shape index (κ2) is 8.56. The number of aryl methyl sites for hydroxylation is 1. The molecule has 0 radical (unpaired) electrons. The maximum absolute atomic E-state index is 12.5. The van der Waals surface area contributed by atoms with Crippen LogP contribution in [0.15, 0.2) is 47.4 Å². The van der Waals surface area contributed by atoms with Gasteiger partial charge < -0.3 is 10.2 Å². The fourth-order valence-electron chi connectivity index (χ4n) is 2.28. The van der Waals surface area contributed by atoms with E-state index in [2.05, 4.69) is 14.9 Å². The number of halogens is 1. The summed E-state index contributed by atoms with van der Waals surface area (Å²) in [6, 6.07) is 11.9. The minimum atomic E-state index is -3.63. The Bertz CT molecular complexity index is 806. The second-order valence-electron chi connectivity index (χ2n) is 6.18. The lowest BCUT2D eigenvalue weighted by Gasteiger charge is -2.12. The van der Waals surface area contributed by atoms with Gasteiger partial charge in [0, 0.05) is 22.9 Å². The van der Waals surface area contributed by atoms with Crippen LogP contribution in [0.3, 0.4) is 0 Å². The van der Waals surface area contributed by atoms with Crippen LogP contribution in [0, 0.1) is 6.92 Å². The van der Waals surface area contributed by atoms with E-state index in [1.165, 1.54) is 6.07 Å². The summed E-state index contributed by atoms with van der Waals surface area (Å²) in [5, 5.41) is 3.86. The highest BCUT2D eigenvalue weighted by Gasteiger charge is 2.15. The molecule has 0 bridgehead atoms. The van der Waals surface area contributed by atoms with Crippen molar-refractivity contribution in [3.63, 3.8) is 0 Å². The van der Waals surface area contributed by atoms with Crippen LogP contribution in [-0.4, -0.2) is 40.5 Å². The Balaban J connectivity index is 1.99. The van der Waals surface area contributed by atoms with Gasteiger partial charge in [0.25, 0.3) is 10.0 Å². The van der Waals surface area contributed by atoms with Crippen molar-refractivity contribution < 1.29 is 8.42 Å². The lowest BCUT2D eigenvalue weighted by molar-refractivity contribution is 0.405. The quantitative estimate of drug-likeness (QED) is 0.682. The van der Waals surface area contributed by atoms with E-state index in [1.54, 1.807) is 31.2 Å². The fourth-order valence-corrected chi connectivity index (χ4v) is 3.54. The predicted octanol–water partition coefficient (Wildman–Crippen LogP) is 3.81. The van der Waals surface area contributed by atoms with E-state index >= 15 is 0 Å². The van der Waals surface area contributed by atoms with Crippen molar-refractivity contribution >= 4 is 33.0 Å². The zero-order chi connectivity index (χ0) is 18.4. The van der Waals surface area contributed by atoms with Gasteiger partial charge in [-0.3, -0.25) is 4.72 Å². The Morgan fingerprint density at radius 1 is 1.04 bits per heavy atom. The lowest BCUT2D eigenvalue weighted by atomic mass is 10.2. The molecule has 136 valence electrons. The van der Waals surface area contributed by atoms with Crippen molar-refractivity contribution in [3.05, 3.63) is 53.1 Å². The van der Waals surface area contributed by atoms with Crippen molar-refractivity contribution in [2.24, 2.45) is 0 Å². The van der Waals surface area contributed by atoms with Crippen molar-refractivity contribution in [1.29, 1.82) is 0 Å². The first-order valence-electron chi connectivity index (χ1n) is 8.05. The summed E-state index contributed by atoms with van der Waals surface area (Å²) >= 11 is 5.95. The van der Waals surface area contributed by atoms with E-state index in [-0.39, 0.29) is 4.90 Å². The molecule has 0 saturated carbocycles. The molecule has 2 N–H and O–H groups in total. The predicted molar refractivity (Wildman–Crippen MR) is 105 cm³/mol. The summed E-state index contributed by atoms with van der Waals surface area (Å²) in [7, 11) is 0.459. The van der Waals surface area contributed by atoms with Gasteiger partial charge >= 0.3 is 0 Å². The van der Waals surface area contributed by atoms with E-state index in [1.807, 2.05) is 26.2 Å². The highest BCUT2D eigenvalue weighted by atomic mass is 35.5. The molecular weight excluding hydrogens is 358 g/mol. The molecule has 0 aliphatic carbocycles. The summed E-state index contributed by atoms with van der Waals surface area (Å²) in [5.41, 5.74) is 2.21. The molecule has 2 aromatic carbocycles. The maximum Gasteiger partial charge on any atom is 0.261 e. The third-order valence-electron chi connectivity index (χ3n) is 3.69. The average molecular weight is 382 g/mol. The molecule has 0 aliphatic heterocycles.